The van der Waals surface area contributed by atoms with Crippen LogP contribution in [0.15, 0.2) is 45.9 Å². The van der Waals surface area contributed by atoms with E-state index in [1.807, 2.05) is 13.8 Å². The van der Waals surface area contributed by atoms with Crippen molar-refractivity contribution in [3.8, 4) is 5.88 Å². The van der Waals surface area contributed by atoms with E-state index in [-0.39, 0.29) is 11.9 Å². The van der Waals surface area contributed by atoms with Gasteiger partial charge in [-0.25, -0.2) is 4.98 Å². The summed E-state index contributed by atoms with van der Waals surface area (Å²) in [4.78, 5) is 6.52. The third-order valence-electron chi connectivity index (χ3n) is 6.74. The van der Waals surface area contributed by atoms with E-state index in [0.717, 1.165) is 41.3 Å². The topological polar surface area (TPSA) is 73.9 Å². The number of anilines is 1. The first kappa shape index (κ1) is 24.9. The molecule has 3 aromatic rings. The fraction of sp³-hybridized carbons (Fsp3) is 0.440. The predicted molar refractivity (Wildman–Crippen MR) is 128 cm³/mol. The van der Waals surface area contributed by atoms with Crippen molar-refractivity contribution in [2.24, 2.45) is 0 Å². The number of hydrogen-bond donors (Lipinski definition) is 2. The molecule has 2 atom stereocenters. The lowest BCUT2D eigenvalue weighted by atomic mass is 9.97. The smallest absolute Gasteiger partial charge is 0.422 e. The average molecular weight is 522 g/mol. The second-order valence-electron chi connectivity index (χ2n) is 9.66. The first-order chi connectivity index (χ1) is 17.1. The Labute approximate surface area is 211 Å². The molecule has 0 aliphatic carbocycles. The zero-order chi connectivity index (χ0) is 25.5. The number of halogens is 3. The molecule has 1 aromatic carbocycles. The van der Waals surface area contributed by atoms with Gasteiger partial charge in [-0.15, -0.1) is 0 Å². The summed E-state index contributed by atoms with van der Waals surface area (Å²) in [5.41, 5.74) is 4.07. The van der Waals surface area contributed by atoms with Crippen molar-refractivity contribution in [1.82, 2.24) is 10.1 Å². The molecule has 2 unspecified atom stereocenters. The molecule has 0 amide bonds. The van der Waals surface area contributed by atoms with Crippen LogP contribution < -0.4 is 14.4 Å². The highest BCUT2D eigenvalue weighted by Crippen LogP contribution is 2.40. The first-order valence-electron chi connectivity index (χ1n) is 11.8. The van der Waals surface area contributed by atoms with Crippen molar-refractivity contribution in [1.29, 1.82) is 0 Å². The molecule has 11 heteroatoms. The Balaban J connectivity index is 1.22. The van der Waals surface area contributed by atoms with Crippen molar-refractivity contribution in [2.45, 2.75) is 63.1 Å². The Kier molecular flexibility index (Phi) is 6.65. The van der Waals surface area contributed by atoms with E-state index < -0.39 is 18.4 Å². The van der Waals surface area contributed by atoms with Crippen molar-refractivity contribution in [2.75, 3.05) is 17.9 Å². The number of rotatable bonds is 7. The molecule has 0 saturated heterocycles. The third kappa shape index (κ3) is 5.33. The summed E-state index contributed by atoms with van der Waals surface area (Å²) in [7, 11) is 0. The highest BCUT2D eigenvalue weighted by molar-refractivity contribution is 8.00. The van der Waals surface area contributed by atoms with Crippen LogP contribution in [0.2, 0.25) is 0 Å². The third-order valence-corrected chi connectivity index (χ3v) is 7.53. The standard InChI is InChI=1S/C25H27F3N4O3S/c1-15(17-5-7-21(29-11-17)33-14-25(26,27)28)32-9-8-16-4-6-19(10-18(16)12-32)36-31-23-20-13-34-24(2,3)22(20)35-30-23/h4-7,10-11,15H,8-9,12-14H2,1-3H3,(H,30,31)/p+1. The maximum Gasteiger partial charge on any atom is 0.422 e. The number of benzene rings is 1. The predicted octanol–water partition coefficient (Wildman–Crippen LogP) is 4.60. The summed E-state index contributed by atoms with van der Waals surface area (Å²) in [6, 6.07) is 9.92. The zero-order valence-electron chi connectivity index (χ0n) is 20.2. The lowest BCUT2D eigenvalue weighted by Crippen LogP contribution is -3.11. The Hall–Kier alpha value is -2.76. The Morgan fingerprint density at radius 1 is 1.22 bits per heavy atom. The van der Waals surface area contributed by atoms with Gasteiger partial charge in [-0.3, -0.25) is 0 Å². The lowest BCUT2D eigenvalue weighted by molar-refractivity contribution is -0.945. The van der Waals surface area contributed by atoms with Gasteiger partial charge in [0.25, 0.3) is 0 Å². The van der Waals surface area contributed by atoms with Crippen molar-refractivity contribution >= 4 is 17.8 Å². The molecule has 0 saturated carbocycles. The quantitative estimate of drug-likeness (QED) is 0.441. The van der Waals surface area contributed by atoms with E-state index in [2.05, 4.69) is 40.0 Å². The highest BCUT2D eigenvalue weighted by atomic mass is 32.2. The van der Waals surface area contributed by atoms with Gasteiger partial charge in [-0.05, 0) is 56.5 Å². The number of aromatic nitrogens is 2. The second-order valence-corrected chi connectivity index (χ2v) is 10.5. The molecule has 0 spiro atoms. The maximum absolute atomic E-state index is 12.4. The maximum atomic E-state index is 12.4. The summed E-state index contributed by atoms with van der Waals surface area (Å²) in [6.45, 7) is 6.98. The minimum atomic E-state index is -4.38. The number of nitrogens with zero attached hydrogens (tertiary/aromatic N) is 2. The average Bonchev–Trinajstić information content (AvgIpc) is 3.40. The van der Waals surface area contributed by atoms with E-state index in [9.17, 15) is 13.2 Å². The van der Waals surface area contributed by atoms with Crippen LogP contribution in [0.25, 0.3) is 0 Å². The monoisotopic (exact) mass is 521 g/mol. The number of pyridine rings is 1. The van der Waals surface area contributed by atoms with Crippen LogP contribution in [-0.4, -0.2) is 29.5 Å². The Morgan fingerprint density at radius 2 is 2.06 bits per heavy atom. The van der Waals surface area contributed by atoms with Gasteiger partial charge in [0.1, 0.15) is 18.2 Å². The normalized spacial score (nSPS) is 19.4. The molecule has 192 valence electrons. The SMILES string of the molecule is CC(c1ccc(OCC(F)(F)F)nc1)[NH+]1CCc2ccc(SNc3noc4c3COC4(C)C)cc2C1. The Bertz CT molecular complexity index is 1230. The number of alkyl halides is 3. The molecule has 2 aromatic heterocycles. The number of fused-ring (bicyclic) bond motifs is 2. The lowest BCUT2D eigenvalue weighted by Gasteiger charge is -2.31. The molecule has 36 heavy (non-hydrogen) atoms. The summed E-state index contributed by atoms with van der Waals surface area (Å²) in [5, 5.41) is 4.17. The number of quaternary nitrogens is 1. The highest BCUT2D eigenvalue weighted by Gasteiger charge is 2.38. The molecule has 2 N–H and O–H groups in total. The van der Waals surface area contributed by atoms with Crippen LogP contribution >= 0.6 is 11.9 Å². The summed E-state index contributed by atoms with van der Waals surface area (Å²) >= 11 is 1.49. The molecule has 0 fully saturated rings. The summed E-state index contributed by atoms with van der Waals surface area (Å²) < 4.78 is 56.4. The van der Waals surface area contributed by atoms with Gasteiger partial charge in [-0.1, -0.05) is 11.2 Å². The Morgan fingerprint density at radius 3 is 2.81 bits per heavy atom. The van der Waals surface area contributed by atoms with Crippen LogP contribution in [0.5, 0.6) is 5.88 Å². The van der Waals surface area contributed by atoms with Gasteiger partial charge in [0.2, 0.25) is 5.88 Å². The van der Waals surface area contributed by atoms with Crippen molar-refractivity contribution in [3.63, 3.8) is 0 Å². The molecular formula is C25H28F3N4O3S+. The second kappa shape index (κ2) is 9.60. The molecule has 2 aliphatic heterocycles. The summed E-state index contributed by atoms with van der Waals surface area (Å²) in [5.74, 6) is 1.43. The molecule has 4 heterocycles. The van der Waals surface area contributed by atoms with E-state index >= 15 is 0 Å². The fourth-order valence-electron chi connectivity index (χ4n) is 4.62. The number of nitrogens with one attached hydrogen (secondary N) is 2. The van der Waals surface area contributed by atoms with Crippen LogP contribution in [0.3, 0.4) is 0 Å². The first-order valence-corrected chi connectivity index (χ1v) is 12.6. The minimum absolute atomic E-state index is 0.0238. The molecule has 0 bridgehead atoms. The van der Waals surface area contributed by atoms with Crippen molar-refractivity contribution < 1.29 is 32.1 Å². The van der Waals surface area contributed by atoms with Gasteiger partial charge >= 0.3 is 6.18 Å². The van der Waals surface area contributed by atoms with Gasteiger partial charge in [0.05, 0.1) is 18.7 Å². The number of hydrogen-bond acceptors (Lipinski definition) is 7. The largest absolute Gasteiger partial charge is 0.468 e. The van der Waals surface area contributed by atoms with Gasteiger partial charge in [0.15, 0.2) is 18.2 Å². The van der Waals surface area contributed by atoms with Crippen LogP contribution in [0.4, 0.5) is 19.0 Å². The van der Waals surface area contributed by atoms with E-state index in [0.29, 0.717) is 12.4 Å². The van der Waals surface area contributed by atoms with Crippen LogP contribution in [0, 0.1) is 0 Å². The molecule has 0 radical (unpaired) electrons. The zero-order valence-corrected chi connectivity index (χ0v) is 21.1. The van der Waals surface area contributed by atoms with Crippen molar-refractivity contribution in [3.05, 3.63) is 64.5 Å². The minimum Gasteiger partial charge on any atom is -0.468 e. The fourth-order valence-corrected chi connectivity index (χ4v) is 5.33. The van der Waals surface area contributed by atoms with Crippen LogP contribution in [-0.2, 0) is 29.9 Å². The summed E-state index contributed by atoms with van der Waals surface area (Å²) in [6.07, 6.45) is -1.82. The van der Waals surface area contributed by atoms with Gasteiger partial charge in [0, 0.05) is 34.7 Å². The molecule has 2 aliphatic rings. The van der Waals surface area contributed by atoms with Gasteiger partial charge in [-0.2, -0.15) is 13.2 Å². The van der Waals surface area contributed by atoms with E-state index in [4.69, 9.17) is 14.0 Å². The molecular weight excluding hydrogens is 493 g/mol. The molecule has 5 rings (SSSR count). The molecule has 7 nitrogen and oxygen atoms in total. The van der Waals surface area contributed by atoms with E-state index in [1.165, 1.54) is 34.0 Å². The van der Waals surface area contributed by atoms with Gasteiger partial charge < -0.3 is 23.6 Å². The van der Waals surface area contributed by atoms with Crippen LogP contribution in [0.1, 0.15) is 54.8 Å². The number of ether oxygens (including phenoxy) is 2. The van der Waals surface area contributed by atoms with E-state index in [1.54, 1.807) is 12.3 Å².